The average Bonchev–Trinajstić information content (AvgIpc) is 3.28. The van der Waals surface area contributed by atoms with Gasteiger partial charge in [-0.3, -0.25) is 0 Å². The smallest absolute Gasteiger partial charge is 0.226 e. The van der Waals surface area contributed by atoms with Gasteiger partial charge in [0.1, 0.15) is 12.0 Å². The summed E-state index contributed by atoms with van der Waals surface area (Å²) in [6, 6.07) is 11.3. The molecule has 0 spiro atoms. The summed E-state index contributed by atoms with van der Waals surface area (Å²) in [6.07, 6.45) is 11.1. The summed E-state index contributed by atoms with van der Waals surface area (Å²) in [6.45, 7) is 5.86. The molecule has 2 aromatic rings. The molecule has 162 valence electrons. The number of aliphatic imine (C=N–C) groups is 1. The summed E-state index contributed by atoms with van der Waals surface area (Å²) in [5.74, 6) is 1.52. The first kappa shape index (κ1) is 20.9. The first-order valence-electron chi connectivity index (χ1n) is 11.6. The molecule has 0 radical (unpaired) electrons. The van der Waals surface area contributed by atoms with Crippen LogP contribution in [0.4, 0.5) is 0 Å². The van der Waals surface area contributed by atoms with E-state index in [0.29, 0.717) is 18.5 Å². The number of hydrogen-bond donors (Lipinski definition) is 2. The fourth-order valence-electron chi connectivity index (χ4n) is 4.62. The molecule has 4 rings (SSSR count). The third-order valence-corrected chi connectivity index (χ3v) is 6.28. The van der Waals surface area contributed by atoms with E-state index < -0.39 is 0 Å². The van der Waals surface area contributed by atoms with Crippen molar-refractivity contribution in [2.24, 2.45) is 4.99 Å². The molecule has 2 heterocycles. The number of likely N-dealkylation sites (tertiary alicyclic amines) is 1. The normalized spacial score (nSPS) is 19.7. The zero-order valence-electron chi connectivity index (χ0n) is 18.1. The number of nitrogens with one attached hydrogen (secondary N) is 2. The highest BCUT2D eigenvalue weighted by atomic mass is 16.3. The third-order valence-electron chi connectivity index (χ3n) is 6.28. The SMILES string of the molecule is CCNC(=NCc1coc(-c2ccccc2)n1)NC1CCN(C2CCCCC2)CC1. The highest BCUT2D eigenvalue weighted by molar-refractivity contribution is 5.80. The van der Waals surface area contributed by atoms with Gasteiger partial charge in [-0.2, -0.15) is 0 Å². The monoisotopic (exact) mass is 409 g/mol. The number of piperidine rings is 1. The molecular weight excluding hydrogens is 374 g/mol. The van der Waals surface area contributed by atoms with Gasteiger partial charge in [-0.1, -0.05) is 37.5 Å². The van der Waals surface area contributed by atoms with Gasteiger partial charge < -0.3 is 20.0 Å². The molecular formula is C24H35N5O. The Morgan fingerprint density at radius 1 is 1.10 bits per heavy atom. The second-order valence-electron chi connectivity index (χ2n) is 8.45. The van der Waals surface area contributed by atoms with Crippen molar-refractivity contribution in [2.45, 2.75) is 70.5 Å². The zero-order chi connectivity index (χ0) is 20.6. The largest absolute Gasteiger partial charge is 0.444 e. The Morgan fingerprint density at radius 3 is 2.60 bits per heavy atom. The number of rotatable bonds is 6. The highest BCUT2D eigenvalue weighted by Gasteiger charge is 2.26. The molecule has 1 aliphatic heterocycles. The molecule has 0 amide bonds. The van der Waals surface area contributed by atoms with Crippen LogP contribution in [0.3, 0.4) is 0 Å². The Labute approximate surface area is 180 Å². The van der Waals surface area contributed by atoms with Crippen LogP contribution in [-0.4, -0.2) is 47.6 Å². The lowest BCUT2D eigenvalue weighted by molar-refractivity contribution is 0.119. The van der Waals surface area contributed by atoms with Crippen LogP contribution in [0.15, 0.2) is 46.0 Å². The van der Waals surface area contributed by atoms with Crippen LogP contribution in [0.1, 0.15) is 57.6 Å². The quantitative estimate of drug-likeness (QED) is 0.553. The van der Waals surface area contributed by atoms with Crippen molar-refractivity contribution in [3.63, 3.8) is 0 Å². The van der Waals surface area contributed by atoms with Crippen LogP contribution in [0.25, 0.3) is 11.5 Å². The third kappa shape index (κ3) is 5.63. The minimum absolute atomic E-state index is 0.486. The summed E-state index contributed by atoms with van der Waals surface area (Å²) in [7, 11) is 0. The van der Waals surface area contributed by atoms with Gasteiger partial charge in [0.15, 0.2) is 5.96 Å². The number of oxazole rings is 1. The molecule has 2 fully saturated rings. The van der Waals surface area contributed by atoms with Crippen LogP contribution < -0.4 is 10.6 Å². The van der Waals surface area contributed by atoms with E-state index in [4.69, 9.17) is 9.41 Å². The maximum absolute atomic E-state index is 5.64. The summed E-state index contributed by atoms with van der Waals surface area (Å²) >= 11 is 0. The Kier molecular flexibility index (Phi) is 7.40. The number of nitrogens with zero attached hydrogens (tertiary/aromatic N) is 3. The van der Waals surface area contributed by atoms with E-state index >= 15 is 0 Å². The average molecular weight is 410 g/mol. The van der Waals surface area contributed by atoms with Gasteiger partial charge in [0.2, 0.25) is 5.89 Å². The summed E-state index contributed by atoms with van der Waals surface area (Å²) < 4.78 is 5.64. The Balaban J connectivity index is 1.29. The topological polar surface area (TPSA) is 65.7 Å². The van der Waals surface area contributed by atoms with Crippen LogP contribution in [0.5, 0.6) is 0 Å². The van der Waals surface area contributed by atoms with Gasteiger partial charge in [0.25, 0.3) is 0 Å². The molecule has 0 atom stereocenters. The maximum atomic E-state index is 5.64. The predicted molar refractivity (Wildman–Crippen MR) is 121 cm³/mol. The van der Waals surface area contributed by atoms with Crippen molar-refractivity contribution in [3.05, 3.63) is 42.3 Å². The molecule has 1 saturated carbocycles. The lowest BCUT2D eigenvalue weighted by Gasteiger charge is -2.39. The first-order chi connectivity index (χ1) is 14.8. The van der Waals surface area contributed by atoms with Crippen molar-refractivity contribution >= 4 is 5.96 Å². The zero-order valence-corrected chi connectivity index (χ0v) is 18.1. The van der Waals surface area contributed by atoms with Crippen LogP contribution in [0, 0.1) is 0 Å². The van der Waals surface area contributed by atoms with Crippen LogP contribution in [0.2, 0.25) is 0 Å². The number of hydrogen-bond acceptors (Lipinski definition) is 4. The van der Waals surface area contributed by atoms with E-state index in [-0.39, 0.29) is 0 Å². The summed E-state index contributed by atoms with van der Waals surface area (Å²) in [4.78, 5) is 12.1. The van der Waals surface area contributed by atoms with Crippen molar-refractivity contribution in [3.8, 4) is 11.5 Å². The summed E-state index contributed by atoms with van der Waals surface area (Å²) in [5, 5.41) is 7.02. The number of aromatic nitrogens is 1. The molecule has 1 aliphatic carbocycles. The van der Waals surface area contributed by atoms with E-state index in [0.717, 1.165) is 29.8 Å². The van der Waals surface area contributed by atoms with E-state index in [1.54, 1.807) is 6.26 Å². The minimum Gasteiger partial charge on any atom is -0.444 e. The number of benzene rings is 1. The molecule has 2 aliphatic rings. The predicted octanol–water partition coefficient (Wildman–Crippen LogP) is 4.19. The second kappa shape index (κ2) is 10.6. The lowest BCUT2D eigenvalue weighted by Crippen LogP contribution is -2.50. The fourth-order valence-corrected chi connectivity index (χ4v) is 4.62. The maximum Gasteiger partial charge on any atom is 0.226 e. The fraction of sp³-hybridized carbons (Fsp3) is 0.583. The molecule has 0 bridgehead atoms. The molecule has 6 heteroatoms. The van der Waals surface area contributed by atoms with E-state index in [2.05, 4.69) is 27.4 Å². The molecule has 1 aromatic carbocycles. The van der Waals surface area contributed by atoms with E-state index in [1.807, 2.05) is 30.3 Å². The first-order valence-corrected chi connectivity index (χ1v) is 11.6. The Bertz CT molecular complexity index is 789. The summed E-state index contributed by atoms with van der Waals surface area (Å²) in [5.41, 5.74) is 1.83. The van der Waals surface area contributed by atoms with Gasteiger partial charge in [0, 0.05) is 37.3 Å². The van der Waals surface area contributed by atoms with Gasteiger partial charge in [-0.15, -0.1) is 0 Å². The molecule has 6 nitrogen and oxygen atoms in total. The van der Waals surface area contributed by atoms with Crippen molar-refractivity contribution in [1.82, 2.24) is 20.5 Å². The van der Waals surface area contributed by atoms with Gasteiger partial charge in [-0.25, -0.2) is 9.98 Å². The van der Waals surface area contributed by atoms with E-state index in [9.17, 15) is 0 Å². The molecule has 0 unspecified atom stereocenters. The van der Waals surface area contributed by atoms with Crippen LogP contribution >= 0.6 is 0 Å². The Morgan fingerprint density at radius 2 is 1.87 bits per heavy atom. The second-order valence-corrected chi connectivity index (χ2v) is 8.45. The molecule has 30 heavy (non-hydrogen) atoms. The van der Waals surface area contributed by atoms with Crippen molar-refractivity contribution in [2.75, 3.05) is 19.6 Å². The van der Waals surface area contributed by atoms with Gasteiger partial charge in [-0.05, 0) is 44.7 Å². The molecule has 2 N–H and O–H groups in total. The molecule has 1 aromatic heterocycles. The Hall–Kier alpha value is -2.34. The van der Waals surface area contributed by atoms with Gasteiger partial charge in [0.05, 0.1) is 6.54 Å². The van der Waals surface area contributed by atoms with Crippen molar-refractivity contribution < 1.29 is 4.42 Å². The van der Waals surface area contributed by atoms with Gasteiger partial charge >= 0.3 is 0 Å². The standard InChI is InChI=1S/C24H35N5O/c1-2-25-24(26-17-21-18-30-23(27-21)19-9-5-3-6-10-19)28-20-13-15-29(16-14-20)22-11-7-4-8-12-22/h3,5-6,9-10,18,20,22H,2,4,7-8,11-17H2,1H3,(H2,25,26,28). The van der Waals surface area contributed by atoms with Crippen molar-refractivity contribution in [1.29, 1.82) is 0 Å². The lowest BCUT2D eigenvalue weighted by atomic mass is 9.92. The van der Waals surface area contributed by atoms with Crippen LogP contribution in [-0.2, 0) is 6.54 Å². The highest BCUT2D eigenvalue weighted by Crippen LogP contribution is 2.25. The number of guanidine groups is 1. The minimum atomic E-state index is 0.486. The van der Waals surface area contributed by atoms with E-state index in [1.165, 1.54) is 58.0 Å². The molecule has 1 saturated heterocycles.